The first-order valence-corrected chi connectivity index (χ1v) is 6.35. The van der Waals surface area contributed by atoms with Crippen molar-refractivity contribution in [3.8, 4) is 0 Å². The number of hydrogen-bond acceptors (Lipinski definition) is 3. The van der Waals surface area contributed by atoms with Crippen LogP contribution in [0.25, 0.3) is 0 Å². The van der Waals surface area contributed by atoms with E-state index in [1.165, 1.54) is 0 Å². The van der Waals surface area contributed by atoms with Gasteiger partial charge in [0.05, 0.1) is 0 Å². The van der Waals surface area contributed by atoms with E-state index in [2.05, 4.69) is 46.7 Å². The quantitative estimate of drug-likeness (QED) is 0.800. The summed E-state index contributed by atoms with van der Waals surface area (Å²) in [5.41, 5.74) is 1.32. The highest BCUT2D eigenvalue weighted by Crippen LogP contribution is 2.28. The van der Waals surface area contributed by atoms with E-state index in [9.17, 15) is 0 Å². The fourth-order valence-electron chi connectivity index (χ4n) is 1.20. The van der Waals surface area contributed by atoms with E-state index in [4.69, 9.17) is 0 Å². The lowest BCUT2D eigenvalue weighted by atomic mass is 9.89. The number of aromatic nitrogens is 2. The van der Waals surface area contributed by atoms with E-state index in [1.54, 1.807) is 0 Å². The molecule has 0 aliphatic heterocycles. The van der Waals surface area contributed by atoms with Crippen LogP contribution in [0.4, 0.5) is 5.95 Å². The molecule has 0 radical (unpaired) electrons. The summed E-state index contributed by atoms with van der Waals surface area (Å²) in [4.78, 5) is 11.1. The van der Waals surface area contributed by atoms with E-state index >= 15 is 0 Å². The molecule has 1 heterocycles. The van der Waals surface area contributed by atoms with Crippen LogP contribution in [-0.2, 0) is 6.42 Å². The van der Waals surface area contributed by atoms with Gasteiger partial charge in [-0.25, -0.2) is 9.97 Å². The van der Waals surface area contributed by atoms with Gasteiger partial charge in [0.15, 0.2) is 0 Å². The van der Waals surface area contributed by atoms with Gasteiger partial charge < -0.3 is 4.90 Å². The van der Waals surface area contributed by atoms with Gasteiger partial charge in [0.25, 0.3) is 0 Å². The minimum absolute atomic E-state index is 0.239. The van der Waals surface area contributed by atoms with E-state index in [0.717, 1.165) is 18.1 Å². The van der Waals surface area contributed by atoms with Gasteiger partial charge >= 0.3 is 0 Å². The second-order valence-electron chi connectivity index (χ2n) is 5.28. The van der Waals surface area contributed by atoms with E-state index in [1.807, 2.05) is 31.3 Å². The predicted molar refractivity (Wildman–Crippen MR) is 72.2 cm³/mol. The summed E-state index contributed by atoms with van der Waals surface area (Å²) >= 11 is 3.72. The van der Waals surface area contributed by atoms with Crippen LogP contribution < -0.4 is 4.90 Å². The Kier molecular flexibility index (Phi) is 4.30. The molecular weight excluding hydrogens is 266 g/mol. The Hall–Kier alpha value is -0.640. The molecule has 1 aromatic rings. The molecular formula is C12H20BrN3. The van der Waals surface area contributed by atoms with Crippen LogP contribution in [0.3, 0.4) is 0 Å². The predicted octanol–water partition coefficient (Wildman–Crippen LogP) is 2.89. The van der Waals surface area contributed by atoms with Crippen LogP contribution in [0.2, 0.25) is 0 Å². The lowest BCUT2D eigenvalue weighted by Crippen LogP contribution is -2.23. The van der Waals surface area contributed by atoms with Crippen molar-refractivity contribution in [2.45, 2.75) is 32.0 Å². The van der Waals surface area contributed by atoms with Gasteiger partial charge in [0.1, 0.15) is 0 Å². The summed E-state index contributed by atoms with van der Waals surface area (Å²) in [6.07, 6.45) is 2.74. The minimum Gasteiger partial charge on any atom is -0.347 e. The third kappa shape index (κ3) is 3.74. The van der Waals surface area contributed by atoms with Gasteiger partial charge in [-0.05, 0) is 11.5 Å². The smallest absolute Gasteiger partial charge is 0.224 e. The highest BCUT2D eigenvalue weighted by molar-refractivity contribution is 9.09. The first-order valence-electron chi connectivity index (χ1n) is 5.44. The number of rotatable bonds is 3. The van der Waals surface area contributed by atoms with Crippen molar-refractivity contribution >= 4 is 21.9 Å². The summed E-state index contributed by atoms with van der Waals surface area (Å²) in [5, 5.41) is 0. The van der Waals surface area contributed by atoms with Gasteiger partial charge in [0, 0.05) is 37.2 Å². The number of alkyl halides is 1. The Morgan fingerprint density at radius 2 is 2.00 bits per heavy atom. The van der Waals surface area contributed by atoms with Gasteiger partial charge in [-0.15, -0.1) is 0 Å². The van der Waals surface area contributed by atoms with E-state index in [-0.39, 0.29) is 5.41 Å². The third-order valence-electron chi connectivity index (χ3n) is 2.43. The maximum atomic E-state index is 4.51. The van der Waals surface area contributed by atoms with Gasteiger partial charge in [-0.1, -0.05) is 36.7 Å². The molecule has 0 aliphatic rings. The van der Waals surface area contributed by atoms with Crippen molar-refractivity contribution < 1.29 is 0 Å². The molecule has 3 nitrogen and oxygen atoms in total. The summed E-state index contributed by atoms with van der Waals surface area (Å²) in [6.45, 7) is 6.67. The summed E-state index contributed by atoms with van der Waals surface area (Å²) < 4.78 is 0. The molecule has 90 valence electrons. The Morgan fingerprint density at radius 3 is 2.50 bits per heavy atom. The molecule has 0 aromatic carbocycles. The largest absolute Gasteiger partial charge is 0.347 e. The summed E-state index contributed by atoms with van der Waals surface area (Å²) in [5.74, 6) is 0.770. The molecule has 0 saturated heterocycles. The Balaban J connectivity index is 2.78. The Labute approximate surface area is 106 Å². The lowest BCUT2D eigenvalue weighted by Gasteiger charge is -2.25. The maximum absolute atomic E-state index is 4.51. The fraction of sp³-hybridized carbons (Fsp3) is 0.667. The molecule has 1 rings (SSSR count). The molecule has 0 fully saturated rings. The van der Waals surface area contributed by atoms with Crippen molar-refractivity contribution in [2.75, 3.05) is 19.0 Å². The molecule has 0 N–H and O–H groups in total. The van der Waals surface area contributed by atoms with Crippen molar-refractivity contribution in [3.63, 3.8) is 0 Å². The highest BCUT2D eigenvalue weighted by atomic mass is 79.9. The Bertz CT molecular complexity index is 344. The normalized spacial score (nSPS) is 13.6. The lowest BCUT2D eigenvalue weighted by molar-refractivity contribution is 0.396. The zero-order valence-corrected chi connectivity index (χ0v) is 12.2. The number of nitrogens with zero attached hydrogens (tertiary/aromatic N) is 3. The zero-order chi connectivity index (χ0) is 12.3. The molecule has 0 amide bonds. The summed E-state index contributed by atoms with van der Waals surface area (Å²) in [6, 6.07) is 1.98. The SMILES string of the molecule is CN(C)c1nccc(CC(Br)C(C)(C)C)n1. The van der Waals surface area contributed by atoms with Crippen molar-refractivity contribution in [1.29, 1.82) is 0 Å². The molecule has 4 heteroatoms. The average Bonchev–Trinajstić information content (AvgIpc) is 2.16. The molecule has 0 bridgehead atoms. The van der Waals surface area contributed by atoms with E-state index in [0.29, 0.717) is 4.83 Å². The van der Waals surface area contributed by atoms with Gasteiger partial charge in [-0.3, -0.25) is 0 Å². The van der Waals surface area contributed by atoms with Crippen molar-refractivity contribution in [3.05, 3.63) is 18.0 Å². The molecule has 16 heavy (non-hydrogen) atoms. The monoisotopic (exact) mass is 285 g/mol. The number of halogens is 1. The minimum atomic E-state index is 0.239. The van der Waals surface area contributed by atoms with Crippen LogP contribution in [-0.4, -0.2) is 28.9 Å². The summed E-state index contributed by atoms with van der Waals surface area (Å²) in [7, 11) is 3.91. The van der Waals surface area contributed by atoms with Gasteiger partial charge in [0.2, 0.25) is 5.95 Å². The standard InChI is InChI=1S/C12H20BrN3/c1-12(2,3)10(13)8-9-6-7-14-11(15-9)16(4)5/h6-7,10H,8H2,1-5H3. The topological polar surface area (TPSA) is 29.0 Å². The fourth-order valence-corrected chi connectivity index (χ4v) is 1.54. The number of hydrogen-bond donors (Lipinski definition) is 0. The van der Waals surface area contributed by atoms with Gasteiger partial charge in [-0.2, -0.15) is 0 Å². The van der Waals surface area contributed by atoms with Crippen molar-refractivity contribution in [1.82, 2.24) is 9.97 Å². The molecule has 0 saturated carbocycles. The first kappa shape index (κ1) is 13.4. The second kappa shape index (κ2) is 5.13. The number of anilines is 1. The van der Waals surface area contributed by atoms with Crippen LogP contribution >= 0.6 is 15.9 Å². The second-order valence-corrected chi connectivity index (χ2v) is 6.39. The average molecular weight is 286 g/mol. The third-order valence-corrected chi connectivity index (χ3v) is 4.13. The van der Waals surface area contributed by atoms with Crippen LogP contribution in [0.1, 0.15) is 26.5 Å². The van der Waals surface area contributed by atoms with Crippen LogP contribution in [0.15, 0.2) is 12.3 Å². The first-order chi connectivity index (χ1) is 7.30. The van der Waals surface area contributed by atoms with E-state index < -0.39 is 0 Å². The molecule has 1 atom stereocenters. The van der Waals surface area contributed by atoms with Crippen LogP contribution in [0.5, 0.6) is 0 Å². The molecule has 1 unspecified atom stereocenters. The maximum Gasteiger partial charge on any atom is 0.224 e. The van der Waals surface area contributed by atoms with Crippen molar-refractivity contribution in [2.24, 2.45) is 5.41 Å². The van der Waals surface area contributed by atoms with Crippen LogP contribution in [0, 0.1) is 5.41 Å². The highest BCUT2D eigenvalue weighted by Gasteiger charge is 2.22. The Morgan fingerprint density at radius 1 is 1.38 bits per heavy atom. The zero-order valence-electron chi connectivity index (χ0n) is 10.7. The molecule has 1 aromatic heterocycles. The molecule has 0 spiro atoms. The molecule has 0 aliphatic carbocycles.